The van der Waals surface area contributed by atoms with Crippen molar-refractivity contribution in [1.29, 1.82) is 0 Å². The maximum absolute atomic E-state index is 12.4. The SMILES string of the molecule is CCn1c(CNC(=O)c2ccc(OC)cc2)nnc1SCC(=O)Nc1ccc(C)cc1C. The standard InChI is InChI=1S/C23H27N5O3S/c1-5-28-20(13-24-22(30)17-7-9-18(31-4)10-8-17)26-27-23(28)32-14-21(29)25-19-11-6-15(2)12-16(19)3/h6-12H,5,13-14H2,1-4H3,(H,24,30)(H,25,29). The van der Waals surface area contributed by atoms with Crippen LogP contribution in [0.5, 0.6) is 5.75 Å². The van der Waals surface area contributed by atoms with E-state index in [4.69, 9.17) is 4.74 Å². The molecule has 168 valence electrons. The van der Waals surface area contributed by atoms with E-state index < -0.39 is 0 Å². The number of hydrogen-bond donors (Lipinski definition) is 2. The van der Waals surface area contributed by atoms with Crippen LogP contribution in [0.4, 0.5) is 5.69 Å². The third kappa shape index (κ3) is 5.88. The van der Waals surface area contributed by atoms with Gasteiger partial charge >= 0.3 is 0 Å². The smallest absolute Gasteiger partial charge is 0.251 e. The highest BCUT2D eigenvalue weighted by atomic mass is 32.2. The Hall–Kier alpha value is -3.33. The van der Waals surface area contributed by atoms with Crippen molar-refractivity contribution < 1.29 is 14.3 Å². The van der Waals surface area contributed by atoms with Crippen molar-refractivity contribution in [2.45, 2.75) is 39.0 Å². The van der Waals surface area contributed by atoms with Gasteiger partial charge in [-0.05, 0) is 56.7 Å². The van der Waals surface area contributed by atoms with Crippen LogP contribution in [-0.4, -0.2) is 39.4 Å². The van der Waals surface area contributed by atoms with Crippen molar-refractivity contribution in [3.63, 3.8) is 0 Å². The first-order chi connectivity index (χ1) is 15.4. The van der Waals surface area contributed by atoms with Gasteiger partial charge in [-0.3, -0.25) is 9.59 Å². The number of rotatable bonds is 9. The number of nitrogens with one attached hydrogen (secondary N) is 2. The van der Waals surface area contributed by atoms with Gasteiger partial charge in [0, 0.05) is 17.8 Å². The molecule has 0 aliphatic rings. The summed E-state index contributed by atoms with van der Waals surface area (Å²) in [6, 6.07) is 12.8. The van der Waals surface area contributed by atoms with Crippen LogP contribution in [0.3, 0.4) is 0 Å². The van der Waals surface area contributed by atoms with Gasteiger partial charge in [0.2, 0.25) is 5.91 Å². The molecule has 2 aromatic carbocycles. The number of carbonyl (C=O) groups excluding carboxylic acids is 2. The number of aryl methyl sites for hydroxylation is 2. The predicted molar refractivity (Wildman–Crippen MR) is 125 cm³/mol. The molecule has 0 atom stereocenters. The number of ether oxygens (including phenoxy) is 1. The molecule has 9 heteroatoms. The highest BCUT2D eigenvalue weighted by Gasteiger charge is 2.15. The fraction of sp³-hybridized carbons (Fsp3) is 0.304. The fourth-order valence-corrected chi connectivity index (χ4v) is 3.97. The first-order valence-electron chi connectivity index (χ1n) is 10.3. The van der Waals surface area contributed by atoms with Crippen molar-refractivity contribution in [3.8, 4) is 5.75 Å². The van der Waals surface area contributed by atoms with E-state index >= 15 is 0 Å². The molecule has 3 rings (SSSR count). The van der Waals surface area contributed by atoms with E-state index in [1.165, 1.54) is 11.8 Å². The number of carbonyl (C=O) groups is 2. The topological polar surface area (TPSA) is 98.1 Å². The number of nitrogens with zero attached hydrogens (tertiary/aromatic N) is 3. The molecule has 0 saturated heterocycles. The van der Waals surface area contributed by atoms with E-state index in [1.54, 1.807) is 31.4 Å². The van der Waals surface area contributed by atoms with E-state index in [9.17, 15) is 9.59 Å². The summed E-state index contributed by atoms with van der Waals surface area (Å²) in [6.07, 6.45) is 0. The lowest BCUT2D eigenvalue weighted by atomic mass is 10.1. The van der Waals surface area contributed by atoms with Crippen LogP contribution >= 0.6 is 11.8 Å². The third-order valence-corrected chi connectivity index (χ3v) is 5.82. The van der Waals surface area contributed by atoms with Crippen molar-refractivity contribution in [1.82, 2.24) is 20.1 Å². The molecule has 0 fully saturated rings. The summed E-state index contributed by atoms with van der Waals surface area (Å²) >= 11 is 1.31. The minimum absolute atomic E-state index is 0.109. The monoisotopic (exact) mass is 453 g/mol. The summed E-state index contributed by atoms with van der Waals surface area (Å²) < 4.78 is 7.00. The first kappa shape index (κ1) is 23.3. The molecule has 1 heterocycles. The van der Waals surface area contributed by atoms with Gasteiger partial charge in [-0.1, -0.05) is 29.5 Å². The average molecular weight is 454 g/mol. The highest BCUT2D eigenvalue weighted by Crippen LogP contribution is 2.20. The summed E-state index contributed by atoms with van der Waals surface area (Å²) in [5, 5.41) is 14.8. The first-order valence-corrected chi connectivity index (χ1v) is 11.2. The minimum Gasteiger partial charge on any atom is -0.497 e. The van der Waals surface area contributed by atoms with Crippen LogP contribution in [-0.2, 0) is 17.9 Å². The number of thioether (sulfide) groups is 1. The van der Waals surface area contributed by atoms with E-state index in [1.807, 2.05) is 43.5 Å². The maximum atomic E-state index is 12.4. The molecule has 2 amide bonds. The molecule has 3 aromatic rings. The van der Waals surface area contributed by atoms with Crippen LogP contribution in [0, 0.1) is 13.8 Å². The minimum atomic E-state index is -0.208. The Balaban J connectivity index is 1.56. The Kier molecular flexibility index (Phi) is 7.88. The summed E-state index contributed by atoms with van der Waals surface area (Å²) in [6.45, 7) is 6.82. The molecule has 2 N–H and O–H groups in total. The molecular weight excluding hydrogens is 426 g/mol. The van der Waals surface area contributed by atoms with Crippen molar-refractivity contribution in [3.05, 3.63) is 65.0 Å². The molecular formula is C23H27N5O3S. The zero-order chi connectivity index (χ0) is 23.1. The molecule has 0 radical (unpaired) electrons. The molecule has 0 spiro atoms. The largest absolute Gasteiger partial charge is 0.497 e. The molecule has 0 bridgehead atoms. The highest BCUT2D eigenvalue weighted by molar-refractivity contribution is 7.99. The van der Waals surface area contributed by atoms with Gasteiger partial charge < -0.3 is 19.9 Å². The Morgan fingerprint density at radius 1 is 1.09 bits per heavy atom. The van der Waals surface area contributed by atoms with Gasteiger partial charge in [0.1, 0.15) is 5.75 Å². The molecule has 1 aromatic heterocycles. The maximum Gasteiger partial charge on any atom is 0.251 e. The number of benzene rings is 2. The van der Waals surface area contributed by atoms with Gasteiger partial charge in [-0.15, -0.1) is 10.2 Å². The lowest BCUT2D eigenvalue weighted by Crippen LogP contribution is -2.24. The molecule has 32 heavy (non-hydrogen) atoms. The Morgan fingerprint density at radius 2 is 1.84 bits per heavy atom. The lowest BCUT2D eigenvalue weighted by molar-refractivity contribution is -0.113. The van der Waals surface area contributed by atoms with E-state index in [0.717, 1.165) is 16.8 Å². The lowest BCUT2D eigenvalue weighted by Gasteiger charge is -2.10. The Labute approximate surface area is 191 Å². The molecule has 0 aliphatic heterocycles. The van der Waals surface area contributed by atoms with Crippen molar-refractivity contribution in [2.75, 3.05) is 18.2 Å². The molecule has 0 unspecified atom stereocenters. The predicted octanol–water partition coefficient (Wildman–Crippen LogP) is 3.58. The Morgan fingerprint density at radius 3 is 2.50 bits per heavy atom. The van der Waals surface area contributed by atoms with Crippen LogP contribution in [0.15, 0.2) is 47.6 Å². The zero-order valence-electron chi connectivity index (χ0n) is 18.6. The zero-order valence-corrected chi connectivity index (χ0v) is 19.5. The number of aromatic nitrogens is 3. The van der Waals surface area contributed by atoms with Gasteiger partial charge in [0.25, 0.3) is 5.91 Å². The summed E-state index contributed by atoms with van der Waals surface area (Å²) in [5.41, 5.74) is 3.51. The number of amides is 2. The second-order valence-corrected chi connectivity index (χ2v) is 8.15. The second-order valence-electron chi connectivity index (χ2n) is 7.21. The molecule has 0 aliphatic carbocycles. The average Bonchev–Trinajstić information content (AvgIpc) is 3.19. The molecule has 0 saturated carbocycles. The number of anilines is 1. The van der Waals surface area contributed by atoms with E-state index in [2.05, 4.69) is 20.8 Å². The molecule has 8 nitrogen and oxygen atoms in total. The quantitative estimate of drug-likeness (QED) is 0.481. The van der Waals surface area contributed by atoms with E-state index in [-0.39, 0.29) is 24.1 Å². The number of methoxy groups -OCH3 is 1. The summed E-state index contributed by atoms with van der Waals surface area (Å²) in [7, 11) is 1.58. The third-order valence-electron chi connectivity index (χ3n) is 4.86. The van der Waals surface area contributed by atoms with Crippen molar-refractivity contribution >= 4 is 29.3 Å². The van der Waals surface area contributed by atoms with Crippen LogP contribution in [0.2, 0.25) is 0 Å². The summed E-state index contributed by atoms with van der Waals surface area (Å²) in [5.74, 6) is 1.22. The van der Waals surface area contributed by atoms with Gasteiger partial charge in [0.15, 0.2) is 11.0 Å². The van der Waals surface area contributed by atoms with Gasteiger partial charge in [0.05, 0.1) is 19.4 Å². The summed E-state index contributed by atoms with van der Waals surface area (Å²) in [4.78, 5) is 24.8. The fourth-order valence-electron chi connectivity index (χ4n) is 3.15. The van der Waals surface area contributed by atoms with Crippen LogP contribution < -0.4 is 15.4 Å². The van der Waals surface area contributed by atoms with Gasteiger partial charge in [-0.2, -0.15) is 0 Å². The normalized spacial score (nSPS) is 10.6. The Bertz CT molecular complexity index is 1100. The number of hydrogen-bond acceptors (Lipinski definition) is 6. The van der Waals surface area contributed by atoms with Crippen LogP contribution in [0.25, 0.3) is 0 Å². The second kappa shape index (κ2) is 10.8. The van der Waals surface area contributed by atoms with Crippen LogP contribution in [0.1, 0.15) is 34.2 Å². The van der Waals surface area contributed by atoms with Gasteiger partial charge in [-0.25, -0.2) is 0 Å². The van der Waals surface area contributed by atoms with E-state index in [0.29, 0.717) is 28.8 Å². The van der Waals surface area contributed by atoms with Crippen molar-refractivity contribution in [2.24, 2.45) is 0 Å².